The monoisotopic (exact) mass is 1740 g/mol. The van der Waals surface area contributed by atoms with E-state index >= 15 is 0 Å². The number of aromatic nitrogens is 6. The maximum Gasteiger partial charge on any atom is 0.350 e. The van der Waals surface area contributed by atoms with Crippen molar-refractivity contribution in [2.24, 2.45) is 30.7 Å². The van der Waals surface area contributed by atoms with Gasteiger partial charge in [-0.3, -0.25) is 57.2 Å². The molecular formula is C60H71F4N27O31. The molecular weight excluding hydrogens is 1670 g/mol. The molecule has 0 bridgehead atoms. The molecule has 6 saturated heterocycles. The van der Waals surface area contributed by atoms with Crippen LogP contribution in [0.4, 0.5) is 17.6 Å². The zero-order chi connectivity index (χ0) is 91.3. The molecule has 12 rings (SSSR count). The first kappa shape index (κ1) is 97.1. The minimum absolute atomic E-state index is 0.307. The van der Waals surface area contributed by atoms with E-state index in [4.69, 9.17) is 71.8 Å². The van der Waals surface area contributed by atoms with E-state index in [1.807, 2.05) is 0 Å². The summed E-state index contributed by atoms with van der Waals surface area (Å²) in [6.07, 6.45) is -19.9. The maximum absolute atomic E-state index is 14.1. The first-order chi connectivity index (χ1) is 57.4. The van der Waals surface area contributed by atoms with Crippen molar-refractivity contribution in [3.05, 3.63) is 185 Å². The van der Waals surface area contributed by atoms with Crippen molar-refractivity contribution < 1.29 is 156 Å². The summed E-state index contributed by atoms with van der Waals surface area (Å²) in [5, 5.41) is 172. The van der Waals surface area contributed by atoms with Gasteiger partial charge in [-0.15, -0.1) is 0 Å². The van der Waals surface area contributed by atoms with E-state index < -0.39 is 256 Å². The van der Waals surface area contributed by atoms with Gasteiger partial charge < -0.3 is 110 Å². The van der Waals surface area contributed by atoms with Gasteiger partial charge >= 0.3 is 28.9 Å². The molecule has 16 N–H and O–H groups in total. The van der Waals surface area contributed by atoms with E-state index in [1.54, 1.807) is 13.8 Å². The number of aliphatic hydroxyl groups excluding tert-OH is 16. The minimum Gasteiger partial charge on any atom is -0.393 e. The fourth-order valence-corrected chi connectivity index (χ4v) is 12.3. The van der Waals surface area contributed by atoms with Gasteiger partial charge in [0.1, 0.15) is 48.8 Å². The van der Waals surface area contributed by atoms with E-state index in [2.05, 4.69) is 75.1 Å². The summed E-state index contributed by atoms with van der Waals surface area (Å²) in [5.41, 5.74) is 36.0. The number of nitrogens with zero attached hydrogens (tertiary/aromatic N) is 27. The normalized spacial score (nSPS) is 34.3. The van der Waals surface area contributed by atoms with Crippen molar-refractivity contribution in [3.63, 3.8) is 0 Å². The van der Waals surface area contributed by atoms with Crippen LogP contribution in [0.25, 0.3) is 62.7 Å². The van der Waals surface area contributed by atoms with Crippen molar-refractivity contribution in [2.75, 3.05) is 39.6 Å². The van der Waals surface area contributed by atoms with E-state index in [0.29, 0.717) is 26.5 Å². The molecule has 0 spiro atoms. The molecule has 0 aromatic carbocycles. The van der Waals surface area contributed by atoms with Crippen molar-refractivity contribution >= 4 is 35.1 Å². The van der Waals surface area contributed by atoms with Crippen LogP contribution < -0.4 is 17.1 Å². The van der Waals surface area contributed by atoms with Gasteiger partial charge in [-0.2, -0.15) is 32.5 Å². The predicted molar refractivity (Wildman–Crippen MR) is 375 cm³/mol. The molecule has 3 aromatic rings. The minimum atomic E-state index is -4.02. The average molecular weight is 1740 g/mol. The summed E-state index contributed by atoms with van der Waals surface area (Å²) in [7, 11) is 0. The molecule has 3 amide bonds. The molecule has 62 heteroatoms. The predicted octanol–water partition coefficient (Wildman–Crippen LogP) is -5.91. The fraction of sp³-hybridized carbons (Fsp3) is 0.600. The standard InChI is InChI=1S/C10H11F2N5O4.C10H10F2N4O5.2C10H13N5O5.2C10H12N4O6/c1-5-2-3-17(8(20)14-5)7-10(11,12)6(19)9(4-18,21-7)15-16-13;11-10(12)7(20)9(4-17,14-15-13)21-8(10)16-2-1-5(18)3-6(16)19;2*1-5-2-3-15(9(19)12-5)8-6(17)7(18)10(4-16,20-8)13-14-11;2*11-13-12-10(4-15)8(19)7(18)9(20-10)14-2-1-5(16)3-6(14)17/h2-3,6-7,18-19H,4H2,1H3;1-2,7-8,17,20H,3-4H2;2*2-3,6-8,16-18H,4H2,1H3;2*1-2,7-9,15,18-19H,3-4H2/t6-,7-,9-;7-,8-,9-;6-,7+,8-,10-;6-,7-,8+,10+;7-,8+,9-,10-;7-,8-,9+,10+/m111010/s1. The van der Waals surface area contributed by atoms with Crippen LogP contribution in [0.2, 0.25) is 0 Å². The Kier molecular flexibility index (Phi) is 31.2. The highest BCUT2D eigenvalue weighted by Crippen LogP contribution is 2.49. The lowest BCUT2D eigenvalue weighted by molar-refractivity contribution is -0.177. The molecule has 12 heterocycles. The molecule has 3 aromatic heterocycles. The summed E-state index contributed by atoms with van der Waals surface area (Å²) in [4.78, 5) is 131. The van der Waals surface area contributed by atoms with E-state index in [-0.39, 0.29) is 0 Å². The Morgan fingerprint density at radius 2 is 0.607 bits per heavy atom. The number of carbonyl (C=O) groups is 6. The Labute approximate surface area is 673 Å². The molecule has 9 aliphatic rings. The third-order valence-corrected chi connectivity index (χ3v) is 18.7. The van der Waals surface area contributed by atoms with Crippen molar-refractivity contribution in [1.29, 1.82) is 0 Å². The number of hydrogen-bond acceptors (Lipinski definition) is 40. The van der Waals surface area contributed by atoms with Crippen LogP contribution in [0.5, 0.6) is 0 Å². The number of halogens is 4. The van der Waals surface area contributed by atoms with Gasteiger partial charge in [0, 0.05) is 83.7 Å². The molecule has 6 fully saturated rings. The van der Waals surface area contributed by atoms with Crippen LogP contribution in [-0.2, 0) is 57.2 Å². The van der Waals surface area contributed by atoms with Crippen LogP contribution in [0.1, 0.15) is 55.0 Å². The summed E-state index contributed by atoms with van der Waals surface area (Å²) < 4.78 is 89.2. The second-order valence-corrected chi connectivity index (χ2v) is 26.6. The average Bonchev–Trinajstić information content (AvgIpc) is 1.59. The van der Waals surface area contributed by atoms with Crippen LogP contribution >= 0.6 is 0 Å². The lowest BCUT2D eigenvalue weighted by Gasteiger charge is -2.30. The Hall–Kier alpha value is -12.0. The number of aryl methyl sites for hydroxylation is 3. The first-order valence-corrected chi connectivity index (χ1v) is 34.3. The fourth-order valence-electron chi connectivity index (χ4n) is 12.3. The van der Waals surface area contributed by atoms with Gasteiger partial charge in [-0.05, 0) is 90.4 Å². The molecule has 0 radical (unpaired) electrons. The van der Waals surface area contributed by atoms with E-state index in [9.17, 15) is 132 Å². The highest BCUT2D eigenvalue weighted by molar-refractivity contribution is 6.07. The Morgan fingerprint density at radius 1 is 0.369 bits per heavy atom. The molecule has 0 unspecified atom stereocenters. The van der Waals surface area contributed by atoms with Gasteiger partial charge in [0.2, 0.25) is 64.5 Å². The number of amides is 3. The number of hydrogen-bond donors (Lipinski definition) is 16. The topological polar surface area (TPSA) is 888 Å². The quantitative estimate of drug-likeness (QED) is 0.0185. The van der Waals surface area contributed by atoms with Crippen molar-refractivity contribution in [3.8, 4) is 0 Å². The van der Waals surface area contributed by atoms with E-state index in [1.165, 1.54) is 37.5 Å². The van der Waals surface area contributed by atoms with Gasteiger partial charge in [-0.1, -0.05) is 30.7 Å². The number of rotatable bonds is 18. The van der Waals surface area contributed by atoms with Crippen LogP contribution in [-0.4, -0.2) is 326 Å². The van der Waals surface area contributed by atoms with Gasteiger partial charge in [0.15, 0.2) is 54.5 Å². The zero-order valence-corrected chi connectivity index (χ0v) is 62.4. The summed E-state index contributed by atoms with van der Waals surface area (Å²) in [6.45, 7) is -1.12. The summed E-state index contributed by atoms with van der Waals surface area (Å²) in [6, 6.07) is 4.31. The Morgan fingerprint density at radius 3 is 0.869 bits per heavy atom. The SMILES string of the molecule is Cc1ccn([C@@H]2O[C@@](CO)(N=[N+]=[N-])[C@@H](O)C2(F)F)c(=O)n1.Cc1ccn([C@@H]2O[C@@](CO)(N=[N+]=[N-])[C@@H](O)[C@@H]2O)c(=O)n1.Cc1ccn([C@@H]2O[C@@](CO)(N=[N+]=[N-])[C@@H](O)[C@H]2O)c(=O)n1.[N-]=[N+]=N[C@]1(CO)O[C@@H](N2C=CC(=O)CC2=O)C(F)(F)[C@@H]1O.[N-]=[N+]=N[C@]1(CO)O[C@@H](N2C=CC(=O)CC2=O)[C@@H](O)[C@@H]1O.[N-]=[N+]=N[C@]1(CO)O[C@@H](N2C=CC(=O)CC2=O)[C@H](O)[C@@H]1O. The molecule has 122 heavy (non-hydrogen) atoms. The van der Waals surface area contributed by atoms with Gasteiger partial charge in [-0.25, -0.2) is 14.4 Å². The number of azide groups is 6. The molecule has 660 valence electrons. The van der Waals surface area contributed by atoms with Crippen LogP contribution in [0.3, 0.4) is 0 Å². The smallest absolute Gasteiger partial charge is 0.350 e. The van der Waals surface area contributed by atoms with Gasteiger partial charge in [0.05, 0.1) is 58.9 Å². The molecule has 9 aliphatic heterocycles. The number of ether oxygens (including phenoxy) is 6. The highest BCUT2D eigenvalue weighted by Gasteiger charge is 2.70. The second kappa shape index (κ2) is 39.2. The lowest BCUT2D eigenvalue weighted by atomic mass is 10.0. The number of alkyl halides is 4. The van der Waals surface area contributed by atoms with Crippen molar-refractivity contribution in [1.82, 2.24) is 43.4 Å². The summed E-state index contributed by atoms with van der Waals surface area (Å²) in [5.74, 6) is -11.6. The van der Waals surface area contributed by atoms with Gasteiger partial charge in [0.25, 0.3) is 0 Å². The Balaban J connectivity index is 0.000000201. The van der Waals surface area contributed by atoms with Crippen LogP contribution in [0.15, 0.2) is 119 Å². The molecule has 22 atom stereocenters. The summed E-state index contributed by atoms with van der Waals surface area (Å²) >= 11 is 0. The number of ketones is 3. The number of carbonyl (C=O) groups excluding carboxylic acids is 6. The van der Waals surface area contributed by atoms with Crippen molar-refractivity contribution in [2.45, 2.75) is 185 Å². The van der Waals surface area contributed by atoms with E-state index in [0.717, 1.165) is 62.0 Å². The molecule has 58 nitrogen and oxygen atoms in total. The number of allylic oxidation sites excluding steroid dienone is 3. The largest absolute Gasteiger partial charge is 0.393 e. The zero-order valence-electron chi connectivity index (χ0n) is 62.4. The molecule has 0 saturated carbocycles. The maximum atomic E-state index is 14.1. The molecule has 0 aliphatic carbocycles. The second-order valence-electron chi connectivity index (χ2n) is 26.6. The lowest BCUT2D eigenvalue weighted by Crippen LogP contribution is -2.51. The number of aliphatic hydroxyl groups is 16. The highest BCUT2D eigenvalue weighted by atomic mass is 19.3. The Bertz CT molecular complexity index is 4860. The van der Waals surface area contributed by atoms with Crippen LogP contribution in [0, 0.1) is 20.8 Å². The first-order valence-electron chi connectivity index (χ1n) is 34.3. The third-order valence-electron chi connectivity index (χ3n) is 18.7. The third kappa shape index (κ3) is 19.2.